The first-order valence-corrected chi connectivity index (χ1v) is 40.7. The van der Waals surface area contributed by atoms with Crippen LogP contribution < -0.4 is 9.80 Å². The van der Waals surface area contributed by atoms with E-state index in [1.54, 1.807) is 0 Å². The Hall–Kier alpha value is -13.4. The van der Waals surface area contributed by atoms with Crippen LogP contribution in [-0.2, 0) is 39.9 Å². The van der Waals surface area contributed by atoms with Crippen molar-refractivity contribution in [3.05, 3.63) is 478 Å². The van der Waals surface area contributed by atoms with Gasteiger partial charge < -0.3 is 9.80 Å². The Morgan fingerprint density at radius 1 is 0.243 bits per heavy atom. The van der Waals surface area contributed by atoms with Crippen LogP contribution in [0.25, 0.3) is 78.9 Å². The van der Waals surface area contributed by atoms with Gasteiger partial charge in [0.05, 0.1) is 16.2 Å². The van der Waals surface area contributed by atoms with Gasteiger partial charge in [0, 0.05) is 34.1 Å². The van der Waals surface area contributed by atoms with Crippen LogP contribution in [0.15, 0.2) is 389 Å². The van der Waals surface area contributed by atoms with E-state index < -0.39 is 16.2 Å². The highest BCUT2D eigenvalue weighted by atomic mass is 15.1. The molecule has 0 aliphatic heterocycles. The third-order valence-corrected chi connectivity index (χ3v) is 25.7. The lowest BCUT2D eigenvalue weighted by Crippen LogP contribution is -2.30. The van der Waals surface area contributed by atoms with Gasteiger partial charge in [0.2, 0.25) is 0 Å². The van der Waals surface area contributed by atoms with Gasteiger partial charge in [-0.2, -0.15) is 0 Å². The van der Waals surface area contributed by atoms with Gasteiger partial charge in [-0.05, 0) is 252 Å². The van der Waals surface area contributed by atoms with Crippen molar-refractivity contribution in [2.45, 2.75) is 81.5 Å². The second-order valence-electron chi connectivity index (χ2n) is 34.1. The van der Waals surface area contributed by atoms with Gasteiger partial charge in [0.25, 0.3) is 0 Å². The van der Waals surface area contributed by atoms with Crippen molar-refractivity contribution in [3.8, 4) is 66.8 Å². The first-order chi connectivity index (χ1) is 56.1. The second kappa shape index (κ2) is 27.5. The third-order valence-electron chi connectivity index (χ3n) is 25.7. The molecule has 0 fully saturated rings. The Balaban J connectivity index is 0.800. The molecule has 4 aliphatic rings. The van der Waals surface area contributed by atoms with Crippen molar-refractivity contribution in [1.82, 2.24) is 0 Å². The average molecular weight is 1480 g/mol. The highest BCUT2D eigenvalue weighted by Gasteiger charge is 2.53. The number of fused-ring (bicyclic) bond motifs is 16. The Morgan fingerprint density at radius 2 is 0.513 bits per heavy atom. The fourth-order valence-electron chi connectivity index (χ4n) is 20.0. The van der Waals surface area contributed by atoms with Gasteiger partial charge in [0.15, 0.2) is 0 Å². The monoisotopic (exact) mass is 1470 g/mol. The van der Waals surface area contributed by atoms with Gasteiger partial charge in [-0.3, -0.25) is 0 Å². The van der Waals surface area contributed by atoms with Gasteiger partial charge in [-0.25, -0.2) is 0 Å². The van der Waals surface area contributed by atoms with Gasteiger partial charge in [0.1, 0.15) is 0 Å². The van der Waals surface area contributed by atoms with E-state index in [0.717, 1.165) is 58.1 Å². The van der Waals surface area contributed by atoms with Gasteiger partial charge in [-0.15, -0.1) is 0 Å². The summed E-state index contributed by atoms with van der Waals surface area (Å²) in [5.74, 6) is 0. The molecule has 115 heavy (non-hydrogen) atoms. The number of benzene rings is 16. The zero-order chi connectivity index (χ0) is 78.0. The molecule has 0 amide bonds. The fraction of sp³-hybridized carbons (Fsp3) is 0.115. The quantitative estimate of drug-likeness (QED) is 0.0951. The largest absolute Gasteiger partial charge is 0.310 e. The predicted octanol–water partition coefficient (Wildman–Crippen LogP) is 29.3. The van der Waals surface area contributed by atoms with E-state index in [-0.39, 0.29) is 10.8 Å². The fourth-order valence-corrected chi connectivity index (χ4v) is 20.0. The number of nitrogens with zero attached hydrogens (tertiary/aromatic N) is 2. The summed E-state index contributed by atoms with van der Waals surface area (Å²) in [4.78, 5) is 5.09. The van der Waals surface area contributed by atoms with Crippen molar-refractivity contribution in [2.24, 2.45) is 0 Å². The Bertz CT molecular complexity index is 6070. The lowest BCUT2D eigenvalue weighted by Gasteiger charge is -2.36. The molecule has 0 saturated heterocycles. The van der Waals surface area contributed by atoms with Crippen molar-refractivity contribution in [1.29, 1.82) is 0 Å². The highest BCUT2D eigenvalue weighted by molar-refractivity contribution is 5.99. The Morgan fingerprint density at radius 3 is 0.843 bits per heavy atom. The van der Waals surface area contributed by atoms with Gasteiger partial charge in [-0.1, -0.05) is 370 Å². The van der Waals surface area contributed by atoms with Crippen LogP contribution in [0.1, 0.15) is 131 Å². The van der Waals surface area contributed by atoms with E-state index in [1.165, 1.54) is 145 Å². The summed E-state index contributed by atoms with van der Waals surface area (Å²) in [7, 11) is 0. The molecule has 1 spiro atoms. The number of hydrogen-bond donors (Lipinski definition) is 0. The molecular formula is C113H90N2. The maximum atomic E-state index is 4.15. The number of rotatable bonds is 16. The van der Waals surface area contributed by atoms with Crippen molar-refractivity contribution in [2.75, 3.05) is 9.80 Å². The number of anilines is 6. The molecule has 16 aromatic carbocycles. The summed E-state index contributed by atoms with van der Waals surface area (Å²) in [6, 6.07) is 144. The molecule has 16 aromatic rings. The molecule has 0 aromatic heterocycles. The molecule has 4 aliphatic carbocycles. The Labute approximate surface area is 678 Å². The van der Waals surface area contributed by atoms with E-state index in [2.05, 4.69) is 441 Å². The topological polar surface area (TPSA) is 6.48 Å². The summed E-state index contributed by atoms with van der Waals surface area (Å²) in [5.41, 5.74) is 39.4. The normalized spacial score (nSPS) is 16.3. The van der Waals surface area contributed by atoms with Crippen LogP contribution in [0.3, 0.4) is 0 Å². The highest BCUT2D eigenvalue weighted by Crippen LogP contribution is 2.65. The summed E-state index contributed by atoms with van der Waals surface area (Å²) < 4.78 is 0. The molecule has 0 bridgehead atoms. The summed E-state index contributed by atoms with van der Waals surface area (Å²) in [5, 5.41) is 0. The third kappa shape index (κ3) is 11.4. The summed E-state index contributed by atoms with van der Waals surface area (Å²) in [6.45, 7) is 22.2. The minimum atomic E-state index is -0.750. The minimum absolute atomic E-state index is 0.0232. The SMILES string of the molecule is C=Cc1ccc(CC2(c3ccc(C(C)(C)C)cc3)c3ccccc3-c3ccc(N(c4ccc(-c5ccccc5)cc4)c4ccc5c(c4)C4(c6ccccc6-5)c5ccccc5-c5ccc(N(c6ccc(-c7ccccc7)cc6)c6ccc7c(c6)C(Cc6ccc(C=C)cc6)(c6ccc(C(C)(C)C)cc6)c6ccccc6-7)cc54)cc32)cc1. The van der Waals surface area contributed by atoms with E-state index in [9.17, 15) is 0 Å². The van der Waals surface area contributed by atoms with E-state index in [4.69, 9.17) is 0 Å². The van der Waals surface area contributed by atoms with Crippen molar-refractivity contribution >= 4 is 46.3 Å². The van der Waals surface area contributed by atoms with Crippen LogP contribution in [-0.4, -0.2) is 0 Å². The second-order valence-corrected chi connectivity index (χ2v) is 34.1. The van der Waals surface area contributed by atoms with E-state index in [0.29, 0.717) is 0 Å². The molecule has 552 valence electrons. The molecule has 2 atom stereocenters. The molecule has 0 heterocycles. The van der Waals surface area contributed by atoms with Crippen LogP contribution in [0, 0.1) is 0 Å². The lowest BCUT2D eigenvalue weighted by atomic mass is 9.68. The standard InChI is InChI=1S/C113H90N2/c1-9-75-37-41-77(42-38-75)73-111(85-53-49-83(50-54-85)109(3,4)5)101-33-21-17-29-93(101)97-65-61-89(69-105(97)111)114(87-57-45-81(46-58-87)79-25-13-11-14-26-79)91-63-67-99-95-31-19-23-35-103(95)113(107(99)71-91)104-36-24-20-32-96(104)100-68-64-92(72-108(100)113)115(88-59-47-82(48-60-88)80-27-15-12-16-28-80)90-62-66-98-94-30-18-22-34-102(94)112(106(98)70-90,74-78-43-39-76(10-2)40-44-78)86-55-51-84(52-56-86)110(6,7)8/h9-72H,1-2,73-74H2,3-8H3. The minimum Gasteiger partial charge on any atom is -0.310 e. The Kier molecular flexibility index (Phi) is 16.9. The van der Waals surface area contributed by atoms with Crippen LogP contribution >= 0.6 is 0 Å². The molecule has 2 heteroatoms. The smallest absolute Gasteiger partial charge is 0.0727 e. The molecule has 0 N–H and O–H groups in total. The van der Waals surface area contributed by atoms with Gasteiger partial charge >= 0.3 is 0 Å². The predicted molar refractivity (Wildman–Crippen MR) is 484 cm³/mol. The van der Waals surface area contributed by atoms with Crippen LogP contribution in [0.4, 0.5) is 34.1 Å². The van der Waals surface area contributed by atoms with E-state index in [1.807, 2.05) is 12.2 Å². The van der Waals surface area contributed by atoms with Crippen LogP contribution in [0.2, 0.25) is 0 Å². The molecular weight excluding hydrogens is 1390 g/mol. The molecule has 0 radical (unpaired) electrons. The maximum Gasteiger partial charge on any atom is 0.0727 e. The molecule has 2 unspecified atom stereocenters. The van der Waals surface area contributed by atoms with Crippen LogP contribution in [0.5, 0.6) is 0 Å². The zero-order valence-corrected chi connectivity index (χ0v) is 66.2. The molecule has 2 nitrogen and oxygen atoms in total. The first kappa shape index (κ1) is 70.7. The lowest BCUT2D eigenvalue weighted by molar-refractivity contribution is 0.586. The first-order valence-electron chi connectivity index (χ1n) is 40.7. The molecule has 20 rings (SSSR count). The number of hydrogen-bond acceptors (Lipinski definition) is 2. The summed E-state index contributed by atoms with van der Waals surface area (Å²) in [6.07, 6.45) is 5.40. The summed E-state index contributed by atoms with van der Waals surface area (Å²) >= 11 is 0. The van der Waals surface area contributed by atoms with Crippen molar-refractivity contribution in [3.63, 3.8) is 0 Å². The zero-order valence-electron chi connectivity index (χ0n) is 66.2. The maximum absolute atomic E-state index is 4.15. The van der Waals surface area contributed by atoms with Crippen molar-refractivity contribution < 1.29 is 0 Å². The molecule has 0 saturated carbocycles. The van der Waals surface area contributed by atoms with E-state index >= 15 is 0 Å². The average Bonchev–Trinajstić information content (AvgIpc) is 1.51.